The number of carbonyl (C=O) groups is 1. The van der Waals surface area contributed by atoms with Crippen molar-refractivity contribution in [3.8, 4) is 11.5 Å². The topological polar surface area (TPSA) is 97.5 Å². The van der Waals surface area contributed by atoms with Crippen LogP contribution in [0.3, 0.4) is 0 Å². The molecule has 3 aromatic carbocycles. The monoisotopic (exact) mass is 474 g/mol. The van der Waals surface area contributed by atoms with Gasteiger partial charge in [-0.25, -0.2) is 5.01 Å². The first-order chi connectivity index (χ1) is 16.9. The molecule has 0 unspecified atom stereocenters. The number of rotatable bonds is 8. The van der Waals surface area contributed by atoms with Crippen LogP contribution >= 0.6 is 0 Å². The molecule has 0 N–H and O–H groups in total. The van der Waals surface area contributed by atoms with Gasteiger partial charge in [0.1, 0.15) is 6.17 Å². The normalized spacial score (nSPS) is 16.4. The molecule has 9 heteroatoms. The number of hydrogen-bond acceptors (Lipinski definition) is 7. The first-order valence-corrected chi connectivity index (χ1v) is 11.0. The first kappa shape index (κ1) is 23.9. The molecule has 4 rings (SSSR count). The number of ether oxygens (including phenoxy) is 2. The highest BCUT2D eigenvalue weighted by molar-refractivity contribution is 5.99. The maximum absolute atomic E-state index is 13.2. The third-order valence-corrected chi connectivity index (χ3v) is 5.86. The van der Waals surface area contributed by atoms with Gasteiger partial charge in [0.2, 0.25) is 0 Å². The van der Waals surface area contributed by atoms with Gasteiger partial charge in [0.25, 0.3) is 11.6 Å². The summed E-state index contributed by atoms with van der Waals surface area (Å²) in [7, 11) is 3.14. The van der Waals surface area contributed by atoms with Crippen molar-refractivity contribution in [3.05, 3.63) is 99.6 Å². The fraction of sp³-hybridized carbons (Fsp3) is 0.231. The fourth-order valence-electron chi connectivity index (χ4n) is 4.10. The molecule has 9 nitrogen and oxygen atoms in total. The molecular formula is C26H26N4O5. The molecule has 3 aromatic rings. The lowest BCUT2D eigenvalue weighted by molar-refractivity contribution is -0.384. The van der Waals surface area contributed by atoms with Gasteiger partial charge in [-0.1, -0.05) is 36.4 Å². The van der Waals surface area contributed by atoms with Gasteiger partial charge in [-0.2, -0.15) is 5.10 Å². The zero-order chi connectivity index (χ0) is 24.9. The number of non-ortho nitro benzene ring substituents is 1. The Morgan fingerprint density at radius 1 is 1.03 bits per heavy atom. The summed E-state index contributed by atoms with van der Waals surface area (Å²) in [5, 5.41) is 17.1. The average Bonchev–Trinajstić information content (AvgIpc) is 3.18. The minimum absolute atomic E-state index is 0.00367. The number of methoxy groups -OCH3 is 2. The molecule has 0 aromatic heterocycles. The van der Waals surface area contributed by atoms with Gasteiger partial charge in [0.15, 0.2) is 11.5 Å². The summed E-state index contributed by atoms with van der Waals surface area (Å²) in [6.07, 6.45) is -0.476. The number of hydrogen-bond donors (Lipinski definition) is 0. The lowest BCUT2D eigenvalue weighted by Crippen LogP contribution is -2.29. The first-order valence-electron chi connectivity index (χ1n) is 11.0. The van der Waals surface area contributed by atoms with E-state index in [0.29, 0.717) is 29.3 Å². The minimum atomic E-state index is -0.476. The van der Waals surface area contributed by atoms with E-state index in [4.69, 9.17) is 9.47 Å². The number of nitro groups is 1. The molecule has 0 saturated carbocycles. The molecule has 1 saturated heterocycles. The van der Waals surface area contributed by atoms with E-state index in [2.05, 4.69) is 5.10 Å². The fourth-order valence-corrected chi connectivity index (χ4v) is 4.10. The summed E-state index contributed by atoms with van der Waals surface area (Å²) < 4.78 is 10.9. The van der Waals surface area contributed by atoms with Crippen molar-refractivity contribution >= 4 is 17.3 Å². The molecule has 1 aliphatic rings. The summed E-state index contributed by atoms with van der Waals surface area (Å²) in [6.45, 7) is 2.51. The summed E-state index contributed by atoms with van der Waals surface area (Å²) in [4.78, 5) is 25.8. The number of hydrazone groups is 1. The SMILES string of the molecule is COc1ccc([C@@H]2N(Cc3ccccc3)CC(=O)N2/N=C(/C)c2ccc([N+](=O)[O-])cc2)cc1OC. The van der Waals surface area contributed by atoms with Crippen LogP contribution in [0.5, 0.6) is 11.5 Å². The zero-order valence-electron chi connectivity index (χ0n) is 19.7. The number of amides is 1. The third kappa shape index (κ3) is 5.15. The average molecular weight is 475 g/mol. The van der Waals surface area contributed by atoms with Crippen LogP contribution in [-0.4, -0.2) is 47.2 Å². The van der Waals surface area contributed by atoms with E-state index in [1.165, 1.54) is 17.1 Å². The zero-order valence-corrected chi connectivity index (χ0v) is 19.7. The molecule has 1 heterocycles. The second-order valence-electron chi connectivity index (χ2n) is 8.11. The van der Waals surface area contributed by atoms with Crippen LogP contribution in [0.15, 0.2) is 77.9 Å². The Kier molecular flexibility index (Phi) is 7.07. The highest BCUT2D eigenvalue weighted by atomic mass is 16.6. The van der Waals surface area contributed by atoms with Gasteiger partial charge in [-0.15, -0.1) is 0 Å². The van der Waals surface area contributed by atoms with E-state index >= 15 is 0 Å². The summed E-state index contributed by atoms with van der Waals surface area (Å²) in [5.74, 6) is 0.995. The van der Waals surface area contributed by atoms with Crippen LogP contribution in [0.4, 0.5) is 5.69 Å². The summed E-state index contributed by atoms with van der Waals surface area (Å²) in [5.41, 5.74) is 3.15. The molecular weight excluding hydrogens is 448 g/mol. The molecule has 1 amide bonds. The van der Waals surface area contributed by atoms with E-state index in [1.54, 1.807) is 33.3 Å². The molecule has 1 aliphatic heterocycles. The Morgan fingerprint density at radius 2 is 1.71 bits per heavy atom. The molecule has 0 radical (unpaired) electrons. The van der Waals surface area contributed by atoms with E-state index < -0.39 is 11.1 Å². The highest BCUT2D eigenvalue weighted by Gasteiger charge is 2.39. The van der Waals surface area contributed by atoms with Crippen LogP contribution in [0, 0.1) is 10.1 Å². The van der Waals surface area contributed by atoms with Gasteiger partial charge in [0.05, 0.1) is 31.4 Å². The van der Waals surface area contributed by atoms with E-state index in [9.17, 15) is 14.9 Å². The van der Waals surface area contributed by atoms with Crippen molar-refractivity contribution in [2.75, 3.05) is 20.8 Å². The predicted octanol–water partition coefficient (Wildman–Crippen LogP) is 4.38. The molecule has 1 atom stereocenters. The maximum Gasteiger partial charge on any atom is 0.269 e. The molecule has 0 aliphatic carbocycles. The van der Waals surface area contributed by atoms with Crippen LogP contribution in [0.2, 0.25) is 0 Å². The van der Waals surface area contributed by atoms with Crippen molar-refractivity contribution in [1.29, 1.82) is 0 Å². The Bertz CT molecular complexity index is 1240. The Labute approximate surface area is 203 Å². The minimum Gasteiger partial charge on any atom is -0.493 e. The van der Waals surface area contributed by atoms with Crippen molar-refractivity contribution in [2.45, 2.75) is 19.6 Å². The third-order valence-electron chi connectivity index (χ3n) is 5.86. The van der Waals surface area contributed by atoms with E-state index in [1.807, 2.05) is 53.4 Å². The highest BCUT2D eigenvalue weighted by Crippen LogP contribution is 2.37. The van der Waals surface area contributed by atoms with Crippen LogP contribution in [-0.2, 0) is 11.3 Å². The molecule has 0 bridgehead atoms. The van der Waals surface area contributed by atoms with E-state index in [0.717, 1.165) is 11.1 Å². The second-order valence-corrected chi connectivity index (χ2v) is 8.11. The van der Waals surface area contributed by atoms with Gasteiger partial charge in [-0.05, 0) is 47.9 Å². The summed E-state index contributed by atoms with van der Waals surface area (Å²) >= 11 is 0. The van der Waals surface area contributed by atoms with Gasteiger partial charge in [0, 0.05) is 18.7 Å². The lowest BCUT2D eigenvalue weighted by atomic mass is 10.1. The van der Waals surface area contributed by atoms with Gasteiger partial charge >= 0.3 is 0 Å². The van der Waals surface area contributed by atoms with Crippen molar-refractivity contribution in [3.63, 3.8) is 0 Å². The van der Waals surface area contributed by atoms with Crippen molar-refractivity contribution in [1.82, 2.24) is 9.91 Å². The molecule has 35 heavy (non-hydrogen) atoms. The largest absolute Gasteiger partial charge is 0.493 e. The van der Waals surface area contributed by atoms with Crippen molar-refractivity contribution in [2.24, 2.45) is 5.10 Å². The smallest absolute Gasteiger partial charge is 0.269 e. The Morgan fingerprint density at radius 3 is 2.34 bits per heavy atom. The number of nitrogens with zero attached hydrogens (tertiary/aromatic N) is 4. The molecule has 0 spiro atoms. The van der Waals surface area contributed by atoms with Gasteiger partial charge in [-0.3, -0.25) is 19.8 Å². The van der Waals surface area contributed by atoms with Crippen molar-refractivity contribution < 1.29 is 19.2 Å². The number of nitro benzene ring substituents is 1. The quantitative estimate of drug-likeness (QED) is 0.273. The van der Waals surface area contributed by atoms with Gasteiger partial charge < -0.3 is 9.47 Å². The Balaban J connectivity index is 1.73. The summed E-state index contributed by atoms with van der Waals surface area (Å²) in [6, 6.07) is 21.6. The Hall–Kier alpha value is -4.24. The van der Waals surface area contributed by atoms with Crippen LogP contribution in [0.1, 0.15) is 29.8 Å². The molecule has 180 valence electrons. The molecule has 1 fully saturated rings. The van der Waals surface area contributed by atoms with E-state index in [-0.39, 0.29) is 18.1 Å². The predicted molar refractivity (Wildman–Crippen MR) is 131 cm³/mol. The number of carbonyl (C=O) groups excluding carboxylic acids is 1. The standard InChI is InChI=1S/C26H26N4O5/c1-18(20-9-12-22(13-10-20)30(32)33)27-29-25(31)17-28(16-19-7-5-4-6-8-19)26(29)21-11-14-23(34-2)24(15-21)35-3/h4-15,26H,16-17H2,1-3H3/b27-18-/t26-/m1/s1. The second kappa shape index (κ2) is 10.4. The number of benzene rings is 3. The maximum atomic E-state index is 13.2. The lowest BCUT2D eigenvalue weighted by Gasteiger charge is -2.28. The van der Waals surface area contributed by atoms with Crippen LogP contribution in [0.25, 0.3) is 0 Å². The van der Waals surface area contributed by atoms with Crippen LogP contribution < -0.4 is 9.47 Å².